The fourth-order valence-corrected chi connectivity index (χ4v) is 2.60. The lowest BCUT2D eigenvalue weighted by molar-refractivity contribution is 0.212. The molecule has 0 aliphatic carbocycles. The van der Waals surface area contributed by atoms with Crippen molar-refractivity contribution in [2.75, 3.05) is 26.7 Å². The van der Waals surface area contributed by atoms with Gasteiger partial charge < -0.3 is 10.3 Å². The van der Waals surface area contributed by atoms with Crippen LogP contribution in [-0.4, -0.2) is 41.5 Å². The Bertz CT molecular complexity index is 320. The van der Waals surface area contributed by atoms with Crippen LogP contribution in [0, 0.1) is 6.92 Å². The molecule has 0 radical (unpaired) electrons. The maximum Gasteiger partial charge on any atom is 0.129 e. The van der Waals surface area contributed by atoms with Crippen LogP contribution < -0.4 is 5.32 Å². The quantitative estimate of drug-likeness (QED) is 0.842. The summed E-state index contributed by atoms with van der Waals surface area (Å²) >= 11 is 3.52. The molecule has 1 rings (SSSR count). The molecule has 4 nitrogen and oxygen atoms in total. The van der Waals surface area contributed by atoms with Crippen molar-refractivity contribution in [1.82, 2.24) is 20.2 Å². The normalized spacial score (nSPS) is 13.4. The number of H-pyrrole nitrogens is 1. The third kappa shape index (κ3) is 3.06. The van der Waals surface area contributed by atoms with Crippen molar-refractivity contribution < 1.29 is 0 Å². The summed E-state index contributed by atoms with van der Waals surface area (Å²) in [5, 5.41) is 3.24. The van der Waals surface area contributed by atoms with Crippen molar-refractivity contribution in [2.45, 2.75) is 26.8 Å². The molecule has 0 fully saturated rings. The fourth-order valence-electron chi connectivity index (χ4n) is 1.97. The van der Waals surface area contributed by atoms with E-state index in [9.17, 15) is 0 Å². The Balaban J connectivity index is 2.96. The molecule has 1 aromatic heterocycles. The minimum Gasteiger partial charge on any atom is -0.344 e. The lowest BCUT2D eigenvalue weighted by atomic mass is 10.2. The smallest absolute Gasteiger partial charge is 0.129 e. The first kappa shape index (κ1) is 13.7. The Morgan fingerprint density at radius 2 is 2.06 bits per heavy atom. The van der Waals surface area contributed by atoms with Crippen LogP contribution in [-0.2, 0) is 0 Å². The van der Waals surface area contributed by atoms with E-state index in [0.29, 0.717) is 6.04 Å². The average Bonchev–Trinajstić information content (AvgIpc) is 2.58. The van der Waals surface area contributed by atoms with Crippen molar-refractivity contribution in [2.24, 2.45) is 0 Å². The van der Waals surface area contributed by atoms with Gasteiger partial charge in [0.05, 0.1) is 11.7 Å². The maximum absolute atomic E-state index is 4.37. The van der Waals surface area contributed by atoms with Crippen LogP contribution in [0.4, 0.5) is 0 Å². The molecule has 1 aromatic rings. The summed E-state index contributed by atoms with van der Waals surface area (Å²) in [6, 6.07) is 0.343. The zero-order valence-electron chi connectivity index (χ0n) is 10.5. The van der Waals surface area contributed by atoms with Gasteiger partial charge in [-0.3, -0.25) is 4.90 Å². The summed E-state index contributed by atoms with van der Waals surface area (Å²) in [5.41, 5.74) is 1.16. The Hall–Kier alpha value is -0.390. The Morgan fingerprint density at radius 1 is 1.44 bits per heavy atom. The van der Waals surface area contributed by atoms with Crippen LogP contribution in [0.15, 0.2) is 4.60 Å². The predicted octanol–water partition coefficient (Wildman–Crippen LogP) is 2.08. The van der Waals surface area contributed by atoms with Gasteiger partial charge in [-0.25, -0.2) is 4.98 Å². The second kappa shape index (κ2) is 6.37. The Kier molecular flexibility index (Phi) is 5.44. The zero-order valence-corrected chi connectivity index (χ0v) is 12.1. The van der Waals surface area contributed by atoms with Crippen LogP contribution in [0.25, 0.3) is 0 Å². The van der Waals surface area contributed by atoms with Gasteiger partial charge in [-0.1, -0.05) is 13.8 Å². The molecule has 2 N–H and O–H groups in total. The highest BCUT2D eigenvalue weighted by molar-refractivity contribution is 9.10. The molecule has 0 aromatic carbocycles. The van der Waals surface area contributed by atoms with E-state index in [4.69, 9.17) is 0 Å². The van der Waals surface area contributed by atoms with Crippen LogP contribution >= 0.6 is 15.9 Å². The summed E-state index contributed by atoms with van der Waals surface area (Å²) in [4.78, 5) is 10.1. The minimum absolute atomic E-state index is 0.343. The van der Waals surface area contributed by atoms with Crippen molar-refractivity contribution in [3.63, 3.8) is 0 Å². The molecule has 1 heterocycles. The first-order valence-corrected chi connectivity index (χ1v) is 6.53. The first-order chi connectivity index (χ1) is 7.63. The molecular formula is C11H21BrN4. The number of hydrogen-bond donors (Lipinski definition) is 2. The summed E-state index contributed by atoms with van der Waals surface area (Å²) in [5.74, 6) is 0.954. The van der Waals surface area contributed by atoms with Gasteiger partial charge in [0.1, 0.15) is 10.4 Å². The molecule has 0 bridgehead atoms. The third-order valence-corrected chi connectivity index (χ3v) is 3.39. The second-order valence-corrected chi connectivity index (χ2v) is 4.57. The number of hydrogen-bond acceptors (Lipinski definition) is 3. The number of aromatic amines is 1. The van der Waals surface area contributed by atoms with Crippen LogP contribution in [0.1, 0.15) is 31.4 Å². The molecule has 5 heteroatoms. The molecule has 0 aliphatic rings. The molecule has 0 aliphatic heterocycles. The van der Waals surface area contributed by atoms with Gasteiger partial charge in [0.2, 0.25) is 0 Å². The monoisotopic (exact) mass is 288 g/mol. The van der Waals surface area contributed by atoms with Crippen molar-refractivity contribution in [3.8, 4) is 0 Å². The number of likely N-dealkylation sites (N-methyl/N-ethyl adjacent to an activating group) is 2. The van der Waals surface area contributed by atoms with Crippen molar-refractivity contribution >= 4 is 15.9 Å². The molecule has 0 spiro atoms. The Morgan fingerprint density at radius 3 is 2.44 bits per heavy atom. The van der Waals surface area contributed by atoms with Gasteiger partial charge in [-0.15, -0.1) is 0 Å². The highest BCUT2D eigenvalue weighted by Gasteiger charge is 2.21. The molecule has 0 amide bonds. The number of nitrogens with zero attached hydrogens (tertiary/aromatic N) is 2. The van der Waals surface area contributed by atoms with E-state index < -0.39 is 0 Å². The number of imidazole rings is 1. The molecule has 1 unspecified atom stereocenters. The standard InChI is InChI=1S/C11H21BrN4/c1-5-16(6-2)9(7-13-4)10-11(12)15-8(3)14-10/h9,13H,5-7H2,1-4H3,(H,14,15). The number of aromatic nitrogens is 2. The number of nitrogens with one attached hydrogen (secondary N) is 2. The van der Waals surface area contributed by atoms with E-state index in [2.05, 4.69) is 50.0 Å². The highest BCUT2D eigenvalue weighted by Crippen LogP contribution is 2.25. The SMILES string of the molecule is CCN(CC)C(CNC)c1[nH]c(C)nc1Br. The molecule has 1 atom stereocenters. The van der Waals surface area contributed by atoms with E-state index in [1.54, 1.807) is 0 Å². The van der Waals surface area contributed by atoms with Gasteiger partial charge in [0.25, 0.3) is 0 Å². The van der Waals surface area contributed by atoms with E-state index in [1.165, 1.54) is 0 Å². The summed E-state index contributed by atoms with van der Waals surface area (Å²) < 4.78 is 0.928. The topological polar surface area (TPSA) is 44.0 Å². The maximum atomic E-state index is 4.37. The zero-order chi connectivity index (χ0) is 12.1. The van der Waals surface area contributed by atoms with E-state index >= 15 is 0 Å². The lowest BCUT2D eigenvalue weighted by Crippen LogP contribution is -2.35. The minimum atomic E-state index is 0.343. The van der Waals surface area contributed by atoms with Crippen molar-refractivity contribution in [1.29, 1.82) is 0 Å². The van der Waals surface area contributed by atoms with Gasteiger partial charge in [-0.05, 0) is 43.0 Å². The van der Waals surface area contributed by atoms with E-state index in [0.717, 1.165) is 35.8 Å². The molecular weight excluding hydrogens is 268 g/mol. The average molecular weight is 289 g/mol. The van der Waals surface area contributed by atoms with E-state index in [1.807, 2.05) is 14.0 Å². The summed E-state index contributed by atoms with van der Waals surface area (Å²) in [6.45, 7) is 9.34. The number of aryl methyl sites for hydroxylation is 1. The lowest BCUT2D eigenvalue weighted by Gasteiger charge is -2.28. The highest BCUT2D eigenvalue weighted by atomic mass is 79.9. The molecule has 92 valence electrons. The van der Waals surface area contributed by atoms with Gasteiger partial charge >= 0.3 is 0 Å². The number of halogens is 1. The fraction of sp³-hybridized carbons (Fsp3) is 0.727. The first-order valence-electron chi connectivity index (χ1n) is 5.74. The molecule has 0 saturated carbocycles. The summed E-state index contributed by atoms with van der Waals surface area (Å²) in [6.07, 6.45) is 0. The molecule has 16 heavy (non-hydrogen) atoms. The van der Waals surface area contributed by atoms with Gasteiger partial charge in [-0.2, -0.15) is 0 Å². The third-order valence-electron chi connectivity index (χ3n) is 2.79. The molecule has 0 saturated heterocycles. The van der Waals surface area contributed by atoms with Gasteiger partial charge in [0.15, 0.2) is 0 Å². The summed E-state index contributed by atoms with van der Waals surface area (Å²) in [7, 11) is 1.98. The second-order valence-electron chi connectivity index (χ2n) is 3.82. The van der Waals surface area contributed by atoms with Crippen LogP contribution in [0.2, 0.25) is 0 Å². The van der Waals surface area contributed by atoms with E-state index in [-0.39, 0.29) is 0 Å². The van der Waals surface area contributed by atoms with Crippen LogP contribution in [0.3, 0.4) is 0 Å². The Labute approximate surface area is 106 Å². The van der Waals surface area contributed by atoms with Crippen LogP contribution in [0.5, 0.6) is 0 Å². The number of rotatable bonds is 6. The largest absolute Gasteiger partial charge is 0.344 e. The van der Waals surface area contributed by atoms with Crippen molar-refractivity contribution in [3.05, 3.63) is 16.1 Å². The van der Waals surface area contributed by atoms with Gasteiger partial charge in [0, 0.05) is 6.54 Å². The predicted molar refractivity (Wildman–Crippen MR) is 70.6 cm³/mol.